The van der Waals surface area contributed by atoms with Crippen molar-refractivity contribution in [1.82, 2.24) is 9.97 Å². The van der Waals surface area contributed by atoms with Crippen LogP contribution in [-0.2, 0) is 0 Å². The zero-order valence-electron chi connectivity index (χ0n) is 10.9. The average Bonchev–Trinajstić information content (AvgIpc) is 2.53. The summed E-state index contributed by atoms with van der Waals surface area (Å²) in [5.74, 6) is 0.393. The third-order valence-corrected chi connectivity index (χ3v) is 3.10. The van der Waals surface area contributed by atoms with E-state index in [-0.39, 0.29) is 5.78 Å². The number of carbonyl (C=O) groups is 1. The van der Waals surface area contributed by atoms with Gasteiger partial charge in [-0.25, -0.2) is 0 Å². The number of pyridine rings is 2. The van der Waals surface area contributed by atoms with E-state index in [1.54, 1.807) is 25.6 Å². The van der Waals surface area contributed by atoms with Crippen LogP contribution in [0.15, 0.2) is 55.0 Å². The highest BCUT2D eigenvalue weighted by Crippen LogP contribution is 2.20. The van der Waals surface area contributed by atoms with Gasteiger partial charge in [0, 0.05) is 23.3 Å². The van der Waals surface area contributed by atoms with Gasteiger partial charge >= 0.3 is 0 Å². The van der Waals surface area contributed by atoms with Gasteiger partial charge < -0.3 is 4.74 Å². The van der Waals surface area contributed by atoms with Crippen molar-refractivity contribution in [3.8, 4) is 5.75 Å². The number of aromatic nitrogens is 2. The van der Waals surface area contributed by atoms with Crippen molar-refractivity contribution < 1.29 is 9.53 Å². The van der Waals surface area contributed by atoms with E-state index in [1.807, 2.05) is 30.3 Å². The van der Waals surface area contributed by atoms with Gasteiger partial charge in [0.1, 0.15) is 11.4 Å². The molecule has 1 aromatic carbocycles. The number of ether oxygens (including phenoxy) is 1. The van der Waals surface area contributed by atoms with E-state index in [4.69, 9.17) is 4.74 Å². The summed E-state index contributed by atoms with van der Waals surface area (Å²) in [6, 6.07) is 11.2. The van der Waals surface area contributed by atoms with Gasteiger partial charge in [0.25, 0.3) is 0 Å². The maximum Gasteiger partial charge on any atom is 0.213 e. The Kier molecular flexibility index (Phi) is 3.13. The minimum atomic E-state index is -0.159. The van der Waals surface area contributed by atoms with Crippen LogP contribution in [0.2, 0.25) is 0 Å². The van der Waals surface area contributed by atoms with Crippen LogP contribution < -0.4 is 4.74 Å². The Bertz CT molecular complexity index is 779. The highest BCUT2D eigenvalue weighted by Gasteiger charge is 2.14. The minimum absolute atomic E-state index is 0.159. The lowest BCUT2D eigenvalue weighted by Gasteiger charge is -2.05. The number of fused-ring (bicyclic) bond motifs is 1. The number of rotatable bonds is 3. The van der Waals surface area contributed by atoms with Crippen molar-refractivity contribution in [2.24, 2.45) is 0 Å². The lowest BCUT2D eigenvalue weighted by Crippen LogP contribution is -2.05. The van der Waals surface area contributed by atoms with Gasteiger partial charge in [-0.15, -0.1) is 0 Å². The van der Waals surface area contributed by atoms with E-state index >= 15 is 0 Å². The smallest absolute Gasteiger partial charge is 0.213 e. The van der Waals surface area contributed by atoms with Gasteiger partial charge in [-0.3, -0.25) is 14.8 Å². The molecule has 0 bridgehead atoms. The number of hydrogen-bond acceptors (Lipinski definition) is 4. The van der Waals surface area contributed by atoms with E-state index in [0.29, 0.717) is 17.0 Å². The predicted molar refractivity (Wildman–Crippen MR) is 76.0 cm³/mol. The van der Waals surface area contributed by atoms with Crippen molar-refractivity contribution >= 4 is 16.6 Å². The molecule has 0 saturated heterocycles. The molecule has 0 spiro atoms. The van der Waals surface area contributed by atoms with Crippen LogP contribution in [0, 0.1) is 0 Å². The normalized spacial score (nSPS) is 10.4. The van der Waals surface area contributed by atoms with Gasteiger partial charge in [-0.05, 0) is 17.5 Å². The van der Waals surface area contributed by atoms with E-state index in [1.165, 1.54) is 6.20 Å². The molecule has 4 nitrogen and oxygen atoms in total. The van der Waals surface area contributed by atoms with Crippen molar-refractivity contribution in [3.05, 3.63) is 66.2 Å². The molecule has 0 atom stereocenters. The molecule has 0 aliphatic rings. The van der Waals surface area contributed by atoms with E-state index in [2.05, 4.69) is 9.97 Å². The first-order valence-electron chi connectivity index (χ1n) is 6.17. The molecule has 3 rings (SSSR count). The molecule has 0 radical (unpaired) electrons. The Balaban J connectivity index is 2.12. The first-order valence-corrected chi connectivity index (χ1v) is 6.17. The Labute approximate surface area is 116 Å². The second kappa shape index (κ2) is 5.09. The zero-order chi connectivity index (χ0) is 13.9. The van der Waals surface area contributed by atoms with Gasteiger partial charge in [-0.2, -0.15) is 0 Å². The summed E-state index contributed by atoms with van der Waals surface area (Å²) in [5, 5.41) is 1.82. The Morgan fingerprint density at radius 1 is 1.15 bits per heavy atom. The summed E-state index contributed by atoms with van der Waals surface area (Å²) in [6.07, 6.45) is 4.73. The standard InChI is InChI=1S/C16H12N2O2/c1-20-13-8-12(9-17-10-13)16(19)15-14-5-3-2-4-11(14)6-7-18-15/h2-10H,1H3. The zero-order valence-corrected chi connectivity index (χ0v) is 10.9. The molecule has 20 heavy (non-hydrogen) atoms. The topological polar surface area (TPSA) is 52.1 Å². The molecule has 0 amide bonds. The molecule has 98 valence electrons. The van der Waals surface area contributed by atoms with Crippen molar-refractivity contribution in [1.29, 1.82) is 0 Å². The predicted octanol–water partition coefficient (Wildman–Crippen LogP) is 2.87. The Morgan fingerprint density at radius 3 is 2.85 bits per heavy atom. The fraction of sp³-hybridized carbons (Fsp3) is 0.0625. The monoisotopic (exact) mass is 264 g/mol. The second-order valence-electron chi connectivity index (χ2n) is 4.32. The molecule has 3 aromatic rings. The second-order valence-corrected chi connectivity index (χ2v) is 4.32. The van der Waals surface area contributed by atoms with Crippen LogP contribution in [-0.4, -0.2) is 22.9 Å². The first-order chi connectivity index (χ1) is 9.79. The Morgan fingerprint density at radius 2 is 2.00 bits per heavy atom. The summed E-state index contributed by atoms with van der Waals surface area (Å²) in [5.41, 5.74) is 0.895. The maximum atomic E-state index is 12.6. The molecule has 0 N–H and O–H groups in total. The molecule has 0 fully saturated rings. The molecule has 0 aliphatic carbocycles. The van der Waals surface area contributed by atoms with Crippen LogP contribution in [0.5, 0.6) is 5.75 Å². The van der Waals surface area contributed by atoms with Gasteiger partial charge in [0.05, 0.1) is 13.3 Å². The van der Waals surface area contributed by atoms with Crippen molar-refractivity contribution in [2.45, 2.75) is 0 Å². The average molecular weight is 264 g/mol. The molecular weight excluding hydrogens is 252 g/mol. The Hall–Kier alpha value is -2.75. The molecular formula is C16H12N2O2. The lowest BCUT2D eigenvalue weighted by molar-refractivity contribution is 0.103. The molecule has 0 unspecified atom stereocenters. The van der Waals surface area contributed by atoms with Crippen LogP contribution in [0.1, 0.15) is 16.1 Å². The third kappa shape index (κ3) is 2.12. The SMILES string of the molecule is COc1cncc(C(=O)c2nccc3ccccc23)c1. The van der Waals surface area contributed by atoms with Gasteiger partial charge in [0.2, 0.25) is 5.78 Å². The van der Waals surface area contributed by atoms with Crippen LogP contribution in [0.4, 0.5) is 0 Å². The third-order valence-electron chi connectivity index (χ3n) is 3.10. The summed E-state index contributed by atoms with van der Waals surface area (Å²) >= 11 is 0. The van der Waals surface area contributed by atoms with Gasteiger partial charge in [0.15, 0.2) is 0 Å². The van der Waals surface area contributed by atoms with E-state index < -0.39 is 0 Å². The van der Waals surface area contributed by atoms with Crippen LogP contribution >= 0.6 is 0 Å². The largest absolute Gasteiger partial charge is 0.495 e. The number of benzene rings is 1. The summed E-state index contributed by atoms with van der Waals surface area (Å²) in [6.45, 7) is 0. The molecule has 2 aromatic heterocycles. The van der Waals surface area contributed by atoms with E-state index in [9.17, 15) is 4.79 Å². The number of hydrogen-bond donors (Lipinski definition) is 0. The quantitative estimate of drug-likeness (QED) is 0.682. The lowest BCUT2D eigenvalue weighted by atomic mass is 10.0. The van der Waals surface area contributed by atoms with Crippen LogP contribution in [0.3, 0.4) is 0 Å². The minimum Gasteiger partial charge on any atom is -0.495 e. The number of methoxy groups -OCH3 is 1. The fourth-order valence-electron chi connectivity index (χ4n) is 2.09. The summed E-state index contributed by atoms with van der Waals surface area (Å²) in [4.78, 5) is 20.8. The molecule has 0 saturated carbocycles. The fourth-order valence-corrected chi connectivity index (χ4v) is 2.09. The summed E-state index contributed by atoms with van der Waals surface area (Å²) < 4.78 is 5.09. The van der Waals surface area contributed by atoms with Crippen molar-refractivity contribution in [2.75, 3.05) is 7.11 Å². The number of carbonyl (C=O) groups excluding carboxylic acids is 1. The highest BCUT2D eigenvalue weighted by atomic mass is 16.5. The van der Waals surface area contributed by atoms with Crippen molar-refractivity contribution in [3.63, 3.8) is 0 Å². The first kappa shape index (κ1) is 12.3. The van der Waals surface area contributed by atoms with Crippen LogP contribution in [0.25, 0.3) is 10.8 Å². The number of ketones is 1. The maximum absolute atomic E-state index is 12.6. The van der Waals surface area contributed by atoms with Gasteiger partial charge in [-0.1, -0.05) is 24.3 Å². The van der Waals surface area contributed by atoms with E-state index in [0.717, 1.165) is 10.8 Å². The molecule has 2 heterocycles. The highest BCUT2D eigenvalue weighted by molar-refractivity contribution is 6.14. The number of nitrogens with zero attached hydrogens (tertiary/aromatic N) is 2. The molecule has 0 aliphatic heterocycles. The summed E-state index contributed by atoms with van der Waals surface area (Å²) in [7, 11) is 1.54. The molecule has 4 heteroatoms.